The van der Waals surface area contributed by atoms with Crippen molar-refractivity contribution in [2.24, 2.45) is 5.92 Å². The average Bonchev–Trinajstić information content (AvgIpc) is 2.64. The van der Waals surface area contributed by atoms with Gasteiger partial charge in [0.1, 0.15) is 0 Å². The zero-order chi connectivity index (χ0) is 14.0. The molecule has 1 heterocycles. The standard InChI is InChI=1S/C13H20N2O4/c1-2-15-11(16)7-10(12(15)17)14-9-5-3-8(4-6-9)13(18)19/h8-10,14H,2-7H2,1H3,(H,18,19). The highest BCUT2D eigenvalue weighted by molar-refractivity contribution is 6.05. The van der Waals surface area contributed by atoms with E-state index < -0.39 is 12.0 Å². The predicted molar refractivity (Wildman–Crippen MR) is 67.3 cm³/mol. The fraction of sp³-hybridized carbons (Fsp3) is 0.769. The number of nitrogens with one attached hydrogen (secondary N) is 1. The SMILES string of the molecule is CCN1C(=O)CC(NC2CCC(C(=O)O)CC2)C1=O. The van der Waals surface area contributed by atoms with Crippen LogP contribution in [0.25, 0.3) is 0 Å². The highest BCUT2D eigenvalue weighted by atomic mass is 16.4. The summed E-state index contributed by atoms with van der Waals surface area (Å²) in [5.74, 6) is -1.26. The van der Waals surface area contributed by atoms with Gasteiger partial charge in [0.05, 0.1) is 18.4 Å². The van der Waals surface area contributed by atoms with Crippen molar-refractivity contribution in [1.82, 2.24) is 10.2 Å². The van der Waals surface area contributed by atoms with Crippen LogP contribution in [0.3, 0.4) is 0 Å². The summed E-state index contributed by atoms with van der Waals surface area (Å²) in [6.07, 6.45) is 3.01. The summed E-state index contributed by atoms with van der Waals surface area (Å²) >= 11 is 0. The van der Waals surface area contributed by atoms with Crippen LogP contribution in [-0.4, -0.2) is 46.4 Å². The van der Waals surface area contributed by atoms with Crippen LogP contribution >= 0.6 is 0 Å². The molecule has 1 saturated carbocycles. The minimum absolute atomic E-state index is 0.121. The zero-order valence-corrected chi connectivity index (χ0v) is 11.1. The molecule has 2 N–H and O–H groups in total. The molecule has 0 bridgehead atoms. The Morgan fingerprint density at radius 1 is 1.32 bits per heavy atom. The van der Waals surface area contributed by atoms with Gasteiger partial charge in [0.2, 0.25) is 11.8 Å². The topological polar surface area (TPSA) is 86.7 Å². The summed E-state index contributed by atoms with van der Waals surface area (Å²) in [5.41, 5.74) is 0. The van der Waals surface area contributed by atoms with Gasteiger partial charge in [-0.2, -0.15) is 0 Å². The Morgan fingerprint density at radius 3 is 2.42 bits per heavy atom. The lowest BCUT2D eigenvalue weighted by atomic mass is 9.86. The molecule has 0 radical (unpaired) electrons. The molecule has 0 aromatic carbocycles. The number of nitrogens with zero attached hydrogens (tertiary/aromatic N) is 1. The zero-order valence-electron chi connectivity index (χ0n) is 11.1. The molecule has 0 aromatic rings. The van der Waals surface area contributed by atoms with Crippen LogP contribution in [0.4, 0.5) is 0 Å². The van der Waals surface area contributed by atoms with Crippen LogP contribution in [0.5, 0.6) is 0 Å². The second kappa shape index (κ2) is 5.69. The quantitative estimate of drug-likeness (QED) is 0.719. The third-order valence-electron chi connectivity index (χ3n) is 4.07. The van der Waals surface area contributed by atoms with Crippen LogP contribution in [-0.2, 0) is 14.4 Å². The number of aliphatic carboxylic acids is 1. The number of carbonyl (C=O) groups is 3. The molecule has 19 heavy (non-hydrogen) atoms. The fourth-order valence-corrected chi connectivity index (χ4v) is 2.94. The maximum absolute atomic E-state index is 11.9. The smallest absolute Gasteiger partial charge is 0.306 e. The Morgan fingerprint density at radius 2 is 1.95 bits per heavy atom. The molecule has 1 aliphatic carbocycles. The lowest BCUT2D eigenvalue weighted by molar-refractivity contribution is -0.143. The van der Waals surface area contributed by atoms with Gasteiger partial charge in [-0.05, 0) is 32.6 Å². The van der Waals surface area contributed by atoms with Gasteiger partial charge in [0.15, 0.2) is 0 Å². The van der Waals surface area contributed by atoms with E-state index in [0.717, 1.165) is 12.8 Å². The van der Waals surface area contributed by atoms with E-state index in [1.165, 1.54) is 4.90 Å². The normalized spacial score (nSPS) is 31.8. The molecule has 6 heteroatoms. The number of hydrogen-bond donors (Lipinski definition) is 2. The second-order valence-electron chi connectivity index (χ2n) is 5.29. The van der Waals surface area contributed by atoms with Gasteiger partial charge in [0, 0.05) is 12.6 Å². The molecule has 2 amide bonds. The van der Waals surface area contributed by atoms with Gasteiger partial charge in [-0.3, -0.25) is 19.3 Å². The van der Waals surface area contributed by atoms with Crippen molar-refractivity contribution in [1.29, 1.82) is 0 Å². The van der Waals surface area contributed by atoms with Crippen molar-refractivity contribution in [2.45, 2.75) is 51.1 Å². The highest BCUT2D eigenvalue weighted by Crippen LogP contribution is 2.25. The lowest BCUT2D eigenvalue weighted by Crippen LogP contribution is -2.45. The Kier molecular flexibility index (Phi) is 4.19. The molecule has 1 saturated heterocycles. The van der Waals surface area contributed by atoms with Gasteiger partial charge in [-0.25, -0.2) is 0 Å². The van der Waals surface area contributed by atoms with Crippen molar-refractivity contribution < 1.29 is 19.5 Å². The van der Waals surface area contributed by atoms with E-state index in [-0.39, 0.29) is 30.2 Å². The molecule has 1 atom stereocenters. The van der Waals surface area contributed by atoms with E-state index in [2.05, 4.69) is 5.32 Å². The predicted octanol–water partition coefficient (Wildman–Crippen LogP) is 0.367. The molecule has 6 nitrogen and oxygen atoms in total. The molecule has 1 aliphatic heterocycles. The first-order valence-electron chi connectivity index (χ1n) is 6.86. The minimum atomic E-state index is -0.734. The summed E-state index contributed by atoms with van der Waals surface area (Å²) in [7, 11) is 0. The Bertz CT molecular complexity index is 388. The molecule has 2 fully saturated rings. The average molecular weight is 268 g/mol. The number of amides is 2. The van der Waals surface area contributed by atoms with Gasteiger partial charge in [-0.15, -0.1) is 0 Å². The van der Waals surface area contributed by atoms with E-state index in [9.17, 15) is 14.4 Å². The van der Waals surface area contributed by atoms with E-state index in [1.807, 2.05) is 0 Å². The molecule has 1 unspecified atom stereocenters. The van der Waals surface area contributed by atoms with Crippen LogP contribution in [0.1, 0.15) is 39.0 Å². The second-order valence-corrected chi connectivity index (χ2v) is 5.29. The minimum Gasteiger partial charge on any atom is -0.481 e. The van der Waals surface area contributed by atoms with Crippen molar-refractivity contribution in [3.05, 3.63) is 0 Å². The summed E-state index contributed by atoms with van der Waals surface area (Å²) in [5, 5.41) is 12.1. The number of likely N-dealkylation sites (N-methyl/N-ethyl adjacent to an activating group) is 1. The van der Waals surface area contributed by atoms with Crippen molar-refractivity contribution in [2.75, 3.05) is 6.54 Å². The van der Waals surface area contributed by atoms with Crippen LogP contribution in [0.2, 0.25) is 0 Å². The maximum atomic E-state index is 11.9. The Balaban J connectivity index is 1.85. The fourth-order valence-electron chi connectivity index (χ4n) is 2.94. The molecular weight excluding hydrogens is 248 g/mol. The molecule has 2 aliphatic rings. The van der Waals surface area contributed by atoms with Gasteiger partial charge < -0.3 is 10.4 Å². The molecule has 2 rings (SSSR count). The molecule has 0 spiro atoms. The number of imide groups is 1. The Hall–Kier alpha value is -1.43. The monoisotopic (exact) mass is 268 g/mol. The van der Waals surface area contributed by atoms with Crippen LogP contribution in [0.15, 0.2) is 0 Å². The number of hydrogen-bond acceptors (Lipinski definition) is 4. The van der Waals surface area contributed by atoms with Crippen LogP contribution in [0, 0.1) is 5.92 Å². The number of likely N-dealkylation sites (tertiary alicyclic amines) is 1. The van der Waals surface area contributed by atoms with Crippen molar-refractivity contribution in [3.63, 3.8) is 0 Å². The number of carbonyl (C=O) groups excluding carboxylic acids is 2. The first kappa shape index (κ1) is 14.0. The summed E-state index contributed by atoms with van der Waals surface area (Å²) < 4.78 is 0. The molecular formula is C13H20N2O4. The summed E-state index contributed by atoms with van der Waals surface area (Å²) in [6, 6.07) is -0.270. The van der Waals surface area contributed by atoms with E-state index in [1.54, 1.807) is 6.92 Å². The van der Waals surface area contributed by atoms with Crippen molar-refractivity contribution in [3.8, 4) is 0 Å². The first-order chi connectivity index (χ1) is 9.02. The largest absolute Gasteiger partial charge is 0.481 e. The lowest BCUT2D eigenvalue weighted by Gasteiger charge is -2.28. The third-order valence-corrected chi connectivity index (χ3v) is 4.07. The van der Waals surface area contributed by atoms with Crippen molar-refractivity contribution >= 4 is 17.8 Å². The third kappa shape index (κ3) is 2.94. The highest BCUT2D eigenvalue weighted by Gasteiger charge is 2.39. The van der Waals surface area contributed by atoms with E-state index >= 15 is 0 Å². The van der Waals surface area contributed by atoms with Crippen LogP contribution < -0.4 is 5.32 Å². The Labute approximate surface area is 112 Å². The van der Waals surface area contributed by atoms with Gasteiger partial charge >= 0.3 is 5.97 Å². The number of carboxylic acids is 1. The summed E-state index contributed by atoms with van der Waals surface area (Å²) in [4.78, 5) is 35.7. The molecule has 106 valence electrons. The first-order valence-corrected chi connectivity index (χ1v) is 6.86. The molecule has 0 aromatic heterocycles. The van der Waals surface area contributed by atoms with E-state index in [4.69, 9.17) is 5.11 Å². The number of rotatable bonds is 4. The van der Waals surface area contributed by atoms with Gasteiger partial charge in [0.25, 0.3) is 0 Å². The number of carboxylic acid groups (broad SMARTS) is 1. The van der Waals surface area contributed by atoms with Gasteiger partial charge in [-0.1, -0.05) is 0 Å². The van der Waals surface area contributed by atoms with E-state index in [0.29, 0.717) is 19.4 Å². The summed E-state index contributed by atoms with van der Waals surface area (Å²) in [6.45, 7) is 2.21. The maximum Gasteiger partial charge on any atom is 0.306 e.